The van der Waals surface area contributed by atoms with E-state index in [4.69, 9.17) is 11.6 Å². The van der Waals surface area contributed by atoms with Crippen LogP contribution in [0.2, 0.25) is 5.02 Å². The number of carbonyl (C=O) groups is 2. The normalized spacial score (nSPS) is 21.1. The van der Waals surface area contributed by atoms with Crippen molar-refractivity contribution in [3.63, 3.8) is 0 Å². The highest BCUT2D eigenvalue weighted by Gasteiger charge is 2.41. The first-order valence-electron chi connectivity index (χ1n) is 14.5. The Morgan fingerprint density at radius 2 is 1.71 bits per heavy atom. The molecule has 0 aromatic heterocycles. The minimum Gasteiger partial charge on any atom is -0.368 e. The molecule has 2 aromatic rings. The molecule has 0 N–H and O–H groups in total. The van der Waals surface area contributed by atoms with E-state index in [1.807, 2.05) is 30.9 Å². The summed E-state index contributed by atoms with van der Waals surface area (Å²) >= 11 is 6.54. The molecule has 2 amide bonds. The van der Waals surface area contributed by atoms with Crippen LogP contribution < -0.4 is 4.90 Å². The van der Waals surface area contributed by atoms with Gasteiger partial charge in [-0.25, -0.2) is 8.78 Å². The molecule has 2 heterocycles. The van der Waals surface area contributed by atoms with Gasteiger partial charge in [0.15, 0.2) is 0 Å². The predicted molar refractivity (Wildman–Crippen MR) is 160 cm³/mol. The molecule has 0 bridgehead atoms. The zero-order valence-corrected chi connectivity index (χ0v) is 26.1. The number of piperidine rings is 1. The van der Waals surface area contributed by atoms with Crippen molar-refractivity contribution in [2.24, 2.45) is 5.92 Å². The summed E-state index contributed by atoms with van der Waals surface area (Å²) in [4.78, 5) is 34.2. The van der Waals surface area contributed by atoms with Crippen molar-refractivity contribution in [2.75, 3.05) is 51.2 Å². The summed E-state index contributed by atoms with van der Waals surface area (Å²) < 4.78 is 28.8. The number of hydrogen-bond acceptors (Lipinski definition) is 4. The summed E-state index contributed by atoms with van der Waals surface area (Å²) in [6, 6.07) is 7.57. The van der Waals surface area contributed by atoms with Gasteiger partial charge in [0.05, 0.1) is 6.04 Å². The van der Waals surface area contributed by atoms with Crippen LogP contribution in [0, 0.1) is 24.5 Å². The molecule has 2 aliphatic rings. The SMILES string of the molecule is CC(=O)N(C)C(C)c1cc(C)c(Cl)cc1N1CCN(C(=O)C2CCN(C(C)(C)C)CC2c2ccc(F)cc2F)CC1. The zero-order chi connectivity index (χ0) is 30.2. The molecule has 0 spiro atoms. The molecule has 224 valence electrons. The topological polar surface area (TPSA) is 47.1 Å². The van der Waals surface area contributed by atoms with Crippen molar-refractivity contribution in [2.45, 2.75) is 65.5 Å². The van der Waals surface area contributed by atoms with Gasteiger partial charge in [0, 0.05) is 80.8 Å². The van der Waals surface area contributed by atoms with Crippen LogP contribution in [0.5, 0.6) is 0 Å². The van der Waals surface area contributed by atoms with Gasteiger partial charge in [0.1, 0.15) is 11.6 Å². The zero-order valence-electron chi connectivity index (χ0n) is 25.3. The Labute approximate surface area is 248 Å². The lowest BCUT2D eigenvalue weighted by molar-refractivity contribution is -0.139. The summed E-state index contributed by atoms with van der Waals surface area (Å²) in [6.07, 6.45) is 0.615. The largest absolute Gasteiger partial charge is 0.368 e. The summed E-state index contributed by atoms with van der Waals surface area (Å²) in [5.41, 5.74) is 3.21. The quantitative estimate of drug-likeness (QED) is 0.429. The summed E-state index contributed by atoms with van der Waals surface area (Å²) in [6.45, 7) is 15.4. The fourth-order valence-corrected chi connectivity index (χ4v) is 6.32. The van der Waals surface area contributed by atoms with Crippen LogP contribution in [-0.2, 0) is 9.59 Å². The highest BCUT2D eigenvalue weighted by atomic mass is 35.5. The van der Waals surface area contributed by atoms with Gasteiger partial charge in [-0.1, -0.05) is 23.7 Å². The lowest BCUT2D eigenvalue weighted by Gasteiger charge is -2.46. The Morgan fingerprint density at radius 1 is 1.05 bits per heavy atom. The van der Waals surface area contributed by atoms with Crippen LogP contribution in [0.25, 0.3) is 0 Å². The second kappa shape index (κ2) is 12.3. The van der Waals surface area contributed by atoms with Crippen LogP contribution in [0.15, 0.2) is 30.3 Å². The summed E-state index contributed by atoms with van der Waals surface area (Å²) in [5.74, 6) is -1.95. The van der Waals surface area contributed by atoms with Gasteiger partial charge >= 0.3 is 0 Å². The van der Waals surface area contributed by atoms with Crippen LogP contribution >= 0.6 is 11.6 Å². The van der Waals surface area contributed by atoms with E-state index in [1.54, 1.807) is 18.9 Å². The third-order valence-electron chi connectivity index (χ3n) is 9.01. The minimum absolute atomic E-state index is 0.0175. The Morgan fingerprint density at radius 3 is 2.29 bits per heavy atom. The second-order valence-electron chi connectivity index (χ2n) is 12.6. The Bertz CT molecular complexity index is 1290. The van der Waals surface area contributed by atoms with Crippen molar-refractivity contribution in [3.8, 4) is 0 Å². The fraction of sp³-hybridized carbons (Fsp3) is 0.562. The number of likely N-dealkylation sites (tertiary alicyclic amines) is 1. The van der Waals surface area contributed by atoms with Gasteiger partial charge in [-0.05, 0) is 76.4 Å². The number of carbonyl (C=O) groups excluding carboxylic acids is 2. The molecule has 0 saturated carbocycles. The predicted octanol–water partition coefficient (Wildman–Crippen LogP) is 6.02. The standard InChI is InChI=1S/C32H43ClF2N4O2/c1-20-16-26(21(2)36(7)22(3)40)30(18-28(20)33)37-12-14-38(15-13-37)31(41)25-10-11-39(32(4,5)6)19-27(25)24-9-8-23(34)17-29(24)35/h8-9,16-18,21,25,27H,10-15,19H2,1-7H3. The molecule has 3 unspecified atom stereocenters. The van der Waals surface area contributed by atoms with Crippen molar-refractivity contribution < 1.29 is 18.4 Å². The van der Waals surface area contributed by atoms with Crippen LogP contribution in [0.4, 0.5) is 14.5 Å². The molecule has 4 rings (SSSR count). The smallest absolute Gasteiger partial charge is 0.226 e. The number of piperazine rings is 1. The Kier molecular flexibility index (Phi) is 9.34. The summed E-state index contributed by atoms with van der Waals surface area (Å²) in [5, 5.41) is 0.662. The maximum absolute atomic E-state index is 15.0. The number of amides is 2. The number of benzene rings is 2. The number of halogens is 3. The van der Waals surface area contributed by atoms with Crippen LogP contribution in [0.3, 0.4) is 0 Å². The van der Waals surface area contributed by atoms with Gasteiger partial charge in [0.2, 0.25) is 11.8 Å². The van der Waals surface area contributed by atoms with E-state index in [0.29, 0.717) is 49.7 Å². The number of nitrogens with zero attached hydrogens (tertiary/aromatic N) is 4. The Balaban J connectivity index is 1.54. The molecular formula is C32H43ClF2N4O2. The van der Waals surface area contributed by atoms with Crippen LogP contribution in [0.1, 0.15) is 69.7 Å². The first-order valence-corrected chi connectivity index (χ1v) is 14.8. The molecule has 2 saturated heterocycles. The third kappa shape index (κ3) is 6.69. The average Bonchev–Trinajstić information content (AvgIpc) is 2.92. The monoisotopic (exact) mass is 588 g/mol. The van der Waals surface area contributed by atoms with Gasteiger partial charge < -0.3 is 14.7 Å². The second-order valence-corrected chi connectivity index (χ2v) is 13.0. The molecule has 9 heteroatoms. The highest BCUT2D eigenvalue weighted by molar-refractivity contribution is 6.31. The van der Waals surface area contributed by atoms with E-state index < -0.39 is 11.6 Å². The van der Waals surface area contributed by atoms with E-state index in [1.165, 1.54) is 12.1 Å². The maximum Gasteiger partial charge on any atom is 0.226 e. The van der Waals surface area contributed by atoms with Gasteiger partial charge in [-0.2, -0.15) is 0 Å². The molecule has 0 radical (unpaired) electrons. The lowest BCUT2D eigenvalue weighted by atomic mass is 9.78. The molecule has 2 aliphatic heterocycles. The van der Waals surface area contributed by atoms with Crippen molar-refractivity contribution in [1.29, 1.82) is 0 Å². The summed E-state index contributed by atoms with van der Waals surface area (Å²) in [7, 11) is 1.79. The maximum atomic E-state index is 15.0. The average molecular weight is 589 g/mol. The van der Waals surface area contributed by atoms with Gasteiger partial charge in [-0.15, -0.1) is 0 Å². The van der Waals surface area contributed by atoms with E-state index >= 15 is 4.39 Å². The van der Waals surface area contributed by atoms with Crippen molar-refractivity contribution >= 4 is 29.1 Å². The third-order valence-corrected chi connectivity index (χ3v) is 9.42. The fourth-order valence-electron chi connectivity index (χ4n) is 6.16. The molecule has 0 aliphatic carbocycles. The Hall–Kier alpha value is -2.71. The first-order chi connectivity index (χ1) is 19.2. The number of aryl methyl sites for hydroxylation is 1. The van der Waals surface area contributed by atoms with Gasteiger partial charge in [0.25, 0.3) is 0 Å². The van der Waals surface area contributed by atoms with E-state index in [2.05, 4.69) is 30.6 Å². The van der Waals surface area contributed by atoms with E-state index in [0.717, 1.165) is 29.4 Å². The van der Waals surface area contributed by atoms with Crippen molar-refractivity contribution in [1.82, 2.24) is 14.7 Å². The van der Waals surface area contributed by atoms with E-state index in [9.17, 15) is 14.0 Å². The molecule has 2 aromatic carbocycles. The molecule has 41 heavy (non-hydrogen) atoms. The van der Waals surface area contributed by atoms with E-state index in [-0.39, 0.29) is 35.2 Å². The van der Waals surface area contributed by atoms with Crippen molar-refractivity contribution in [3.05, 3.63) is 63.7 Å². The number of rotatable bonds is 5. The molecule has 2 fully saturated rings. The van der Waals surface area contributed by atoms with Crippen LogP contribution in [-0.4, -0.2) is 78.4 Å². The van der Waals surface area contributed by atoms with Gasteiger partial charge in [-0.3, -0.25) is 14.5 Å². The lowest BCUT2D eigenvalue weighted by Crippen LogP contribution is -2.55. The minimum atomic E-state index is -0.617. The molecule has 6 nitrogen and oxygen atoms in total. The highest BCUT2D eigenvalue weighted by Crippen LogP contribution is 2.39. The molecule has 3 atom stereocenters. The first kappa shape index (κ1) is 31.2. The number of anilines is 1. The molecular weight excluding hydrogens is 546 g/mol. The number of hydrogen-bond donors (Lipinski definition) is 0.